The van der Waals surface area contributed by atoms with Gasteiger partial charge in [0.2, 0.25) is 11.7 Å². The maximum absolute atomic E-state index is 12.5. The minimum absolute atomic E-state index is 0.105. The Morgan fingerprint density at radius 2 is 1.53 bits per heavy atom. The second-order valence-electron chi connectivity index (χ2n) is 8.14. The van der Waals surface area contributed by atoms with Crippen LogP contribution in [0.2, 0.25) is 0 Å². The van der Waals surface area contributed by atoms with Gasteiger partial charge < -0.3 is 19.5 Å². The van der Waals surface area contributed by atoms with Crippen LogP contribution in [0.5, 0.6) is 17.2 Å². The highest BCUT2D eigenvalue weighted by atomic mass is 32.2. The van der Waals surface area contributed by atoms with Gasteiger partial charge in [-0.3, -0.25) is 4.79 Å². The molecule has 4 aromatic rings. The highest BCUT2D eigenvalue weighted by Crippen LogP contribution is 2.43. The number of carbonyl (C=O) groups is 1. The Morgan fingerprint density at radius 1 is 0.895 bits per heavy atom. The second-order valence-corrected chi connectivity index (χ2v) is 9.22. The molecule has 38 heavy (non-hydrogen) atoms. The van der Waals surface area contributed by atoms with Gasteiger partial charge in [0, 0.05) is 29.0 Å². The minimum atomic E-state index is -0.105. The minimum Gasteiger partial charge on any atom is -0.493 e. The van der Waals surface area contributed by atoms with Gasteiger partial charge in [0.25, 0.3) is 0 Å². The normalized spacial score (nSPS) is 10.4. The molecule has 1 N–H and O–H groups in total. The summed E-state index contributed by atoms with van der Waals surface area (Å²) < 4.78 is 16.6. The first-order chi connectivity index (χ1) is 18.6. The van der Waals surface area contributed by atoms with Crippen molar-refractivity contribution in [3.05, 3.63) is 84.4 Å². The van der Waals surface area contributed by atoms with Gasteiger partial charge in [0.1, 0.15) is 11.1 Å². The Morgan fingerprint density at radius 3 is 2.11 bits per heavy atom. The van der Waals surface area contributed by atoms with Crippen molar-refractivity contribution in [1.82, 2.24) is 4.98 Å². The number of hydrogen-bond acceptors (Lipinski definition) is 7. The molecule has 0 radical (unpaired) electrons. The van der Waals surface area contributed by atoms with Crippen LogP contribution in [0.4, 0.5) is 5.69 Å². The third-order valence-corrected chi connectivity index (χ3v) is 6.75. The van der Waals surface area contributed by atoms with E-state index >= 15 is 0 Å². The van der Waals surface area contributed by atoms with Gasteiger partial charge in [-0.25, -0.2) is 4.98 Å². The van der Waals surface area contributed by atoms with Crippen molar-refractivity contribution in [3.63, 3.8) is 0 Å². The standard InChI is InChI=1S/C30H27N3O4S/c1-35-26-16-21(17-27(36-2)29(26)37-3)23-18-25(20-10-6-4-7-11-20)33-30(24(23)19-31)38-15-14-28(34)32-22-12-8-5-9-13-22/h4-13,16-18H,14-15H2,1-3H3,(H,32,34). The quantitative estimate of drug-likeness (QED) is 0.238. The Hall–Kier alpha value is -4.48. The van der Waals surface area contributed by atoms with Crippen LogP contribution < -0.4 is 19.5 Å². The number of amides is 1. The van der Waals surface area contributed by atoms with Crippen molar-refractivity contribution in [2.45, 2.75) is 11.4 Å². The molecule has 0 aliphatic heterocycles. The van der Waals surface area contributed by atoms with Crippen LogP contribution in [-0.4, -0.2) is 38.0 Å². The number of pyridine rings is 1. The number of nitrogens with zero attached hydrogens (tertiary/aromatic N) is 2. The van der Waals surface area contributed by atoms with Gasteiger partial charge in [0.15, 0.2) is 11.5 Å². The van der Waals surface area contributed by atoms with Gasteiger partial charge in [-0.05, 0) is 35.9 Å². The molecule has 0 saturated heterocycles. The zero-order chi connectivity index (χ0) is 26.9. The third-order valence-electron chi connectivity index (χ3n) is 5.77. The van der Waals surface area contributed by atoms with E-state index in [9.17, 15) is 10.1 Å². The van der Waals surface area contributed by atoms with E-state index in [1.807, 2.05) is 78.9 Å². The Labute approximate surface area is 226 Å². The summed E-state index contributed by atoms with van der Waals surface area (Å²) in [4.78, 5) is 17.3. The number of nitriles is 1. The van der Waals surface area contributed by atoms with Crippen LogP contribution >= 0.6 is 11.8 Å². The second kappa shape index (κ2) is 12.7. The van der Waals surface area contributed by atoms with E-state index < -0.39 is 0 Å². The molecule has 8 heteroatoms. The SMILES string of the molecule is COc1cc(-c2cc(-c3ccccc3)nc(SCCC(=O)Nc3ccccc3)c2C#N)cc(OC)c1OC. The fourth-order valence-electron chi connectivity index (χ4n) is 3.94. The summed E-state index contributed by atoms with van der Waals surface area (Å²) in [5.74, 6) is 1.78. The maximum Gasteiger partial charge on any atom is 0.225 e. The lowest BCUT2D eigenvalue weighted by atomic mass is 9.98. The molecule has 0 spiro atoms. The fraction of sp³-hybridized carbons (Fsp3) is 0.167. The largest absolute Gasteiger partial charge is 0.493 e. The number of thioether (sulfide) groups is 1. The number of methoxy groups -OCH3 is 3. The number of nitrogens with one attached hydrogen (secondary N) is 1. The summed E-state index contributed by atoms with van der Waals surface area (Å²) in [5.41, 5.74) is 4.18. The van der Waals surface area contributed by atoms with Crippen LogP contribution in [0, 0.1) is 11.3 Å². The number of aromatic nitrogens is 1. The van der Waals surface area contributed by atoms with Gasteiger partial charge in [-0.15, -0.1) is 11.8 Å². The number of carbonyl (C=O) groups excluding carboxylic acids is 1. The van der Waals surface area contributed by atoms with Gasteiger partial charge >= 0.3 is 0 Å². The molecule has 3 aromatic carbocycles. The maximum atomic E-state index is 12.5. The van der Waals surface area contributed by atoms with Crippen LogP contribution in [0.25, 0.3) is 22.4 Å². The monoisotopic (exact) mass is 525 g/mol. The Bertz CT molecular complexity index is 1430. The first kappa shape index (κ1) is 26.6. The summed E-state index contributed by atoms with van der Waals surface area (Å²) in [6, 6.07) is 26.9. The van der Waals surface area contributed by atoms with E-state index in [0.29, 0.717) is 44.8 Å². The summed E-state index contributed by atoms with van der Waals surface area (Å²) in [6.45, 7) is 0. The molecule has 192 valence electrons. The molecule has 1 amide bonds. The van der Waals surface area contributed by atoms with E-state index in [0.717, 1.165) is 16.8 Å². The van der Waals surface area contributed by atoms with E-state index in [2.05, 4.69) is 11.4 Å². The molecular formula is C30H27N3O4S. The lowest BCUT2D eigenvalue weighted by Crippen LogP contribution is -2.12. The molecule has 0 fully saturated rings. The summed E-state index contributed by atoms with van der Waals surface area (Å²) in [7, 11) is 4.65. The van der Waals surface area contributed by atoms with Crippen molar-refractivity contribution in [3.8, 4) is 45.7 Å². The highest BCUT2D eigenvalue weighted by Gasteiger charge is 2.20. The van der Waals surface area contributed by atoms with Gasteiger partial charge in [-0.2, -0.15) is 5.26 Å². The van der Waals surface area contributed by atoms with Crippen molar-refractivity contribution >= 4 is 23.4 Å². The van der Waals surface area contributed by atoms with Crippen LogP contribution in [-0.2, 0) is 4.79 Å². The predicted octanol–water partition coefficient (Wildman–Crippen LogP) is 6.43. The van der Waals surface area contributed by atoms with Gasteiger partial charge in [0.05, 0.1) is 32.6 Å². The zero-order valence-electron chi connectivity index (χ0n) is 21.4. The summed E-state index contributed by atoms with van der Waals surface area (Å²) >= 11 is 1.37. The number of hydrogen-bond donors (Lipinski definition) is 1. The molecule has 0 saturated carbocycles. The predicted molar refractivity (Wildman–Crippen MR) is 150 cm³/mol. The average molecular weight is 526 g/mol. The van der Waals surface area contributed by atoms with Crippen molar-refractivity contribution in [2.75, 3.05) is 32.4 Å². The smallest absolute Gasteiger partial charge is 0.225 e. The Balaban J connectivity index is 1.72. The molecule has 0 atom stereocenters. The number of rotatable bonds is 10. The molecular weight excluding hydrogens is 498 g/mol. The first-order valence-electron chi connectivity index (χ1n) is 11.9. The first-order valence-corrected chi connectivity index (χ1v) is 12.8. The van der Waals surface area contributed by atoms with Crippen LogP contribution in [0.3, 0.4) is 0 Å². The average Bonchev–Trinajstić information content (AvgIpc) is 2.96. The number of benzene rings is 3. The molecule has 4 rings (SSSR count). The van der Waals surface area contributed by atoms with Crippen LogP contribution in [0.1, 0.15) is 12.0 Å². The van der Waals surface area contributed by atoms with Crippen LogP contribution in [0.15, 0.2) is 83.9 Å². The highest BCUT2D eigenvalue weighted by molar-refractivity contribution is 7.99. The molecule has 0 aliphatic rings. The molecule has 0 unspecified atom stereocenters. The molecule has 7 nitrogen and oxygen atoms in total. The molecule has 0 aliphatic carbocycles. The van der Waals surface area contributed by atoms with E-state index in [1.165, 1.54) is 11.8 Å². The van der Waals surface area contributed by atoms with Crippen molar-refractivity contribution in [1.29, 1.82) is 5.26 Å². The third kappa shape index (κ3) is 6.07. The van der Waals surface area contributed by atoms with E-state index in [1.54, 1.807) is 21.3 Å². The molecule has 1 aromatic heterocycles. The fourth-order valence-corrected chi connectivity index (χ4v) is 4.88. The number of anilines is 1. The summed E-state index contributed by atoms with van der Waals surface area (Å²) in [5, 5.41) is 13.6. The molecule has 0 bridgehead atoms. The lowest BCUT2D eigenvalue weighted by Gasteiger charge is -2.16. The lowest BCUT2D eigenvalue weighted by molar-refractivity contribution is -0.115. The number of para-hydroxylation sites is 1. The topological polar surface area (TPSA) is 93.5 Å². The Kier molecular flexibility index (Phi) is 8.85. The van der Waals surface area contributed by atoms with E-state index in [4.69, 9.17) is 19.2 Å². The van der Waals surface area contributed by atoms with E-state index in [-0.39, 0.29) is 12.3 Å². The van der Waals surface area contributed by atoms with Crippen molar-refractivity contribution < 1.29 is 19.0 Å². The summed E-state index contributed by atoms with van der Waals surface area (Å²) in [6.07, 6.45) is 0.265. The van der Waals surface area contributed by atoms with Gasteiger partial charge in [-0.1, -0.05) is 48.5 Å². The molecule has 1 heterocycles. The van der Waals surface area contributed by atoms with Crippen molar-refractivity contribution in [2.24, 2.45) is 0 Å². The number of ether oxygens (including phenoxy) is 3. The zero-order valence-corrected chi connectivity index (χ0v) is 22.2.